The van der Waals surface area contributed by atoms with Crippen molar-refractivity contribution in [2.75, 3.05) is 18.8 Å². The van der Waals surface area contributed by atoms with Gasteiger partial charge in [0.1, 0.15) is 0 Å². The summed E-state index contributed by atoms with van der Waals surface area (Å²) in [4.78, 5) is 0. The third-order valence-electron chi connectivity index (χ3n) is 2.93. The fraction of sp³-hybridized carbons (Fsp3) is 1.00. The molecule has 1 fully saturated rings. The van der Waals surface area contributed by atoms with Crippen molar-refractivity contribution in [2.24, 2.45) is 5.92 Å². The first-order valence-corrected chi connectivity index (χ1v) is 7.95. The standard InChI is InChI=1S/C11H24N2O2S/c1-3-6-10-9-11(10)13-16(14,15)8-5-7-12-4-2/h10-13H,3-9H2,1-2H3. The van der Waals surface area contributed by atoms with Gasteiger partial charge in [-0.3, -0.25) is 0 Å². The highest BCUT2D eigenvalue weighted by Gasteiger charge is 2.38. The van der Waals surface area contributed by atoms with Crippen LogP contribution in [-0.4, -0.2) is 33.3 Å². The summed E-state index contributed by atoms with van der Waals surface area (Å²) >= 11 is 0. The summed E-state index contributed by atoms with van der Waals surface area (Å²) in [5.41, 5.74) is 0. The van der Waals surface area contributed by atoms with E-state index in [4.69, 9.17) is 0 Å². The molecule has 0 heterocycles. The summed E-state index contributed by atoms with van der Waals surface area (Å²) in [6.45, 7) is 5.84. The fourth-order valence-electron chi connectivity index (χ4n) is 1.94. The van der Waals surface area contributed by atoms with E-state index in [9.17, 15) is 8.42 Å². The fourth-order valence-corrected chi connectivity index (χ4v) is 3.33. The van der Waals surface area contributed by atoms with E-state index < -0.39 is 10.0 Å². The Hall–Kier alpha value is -0.130. The van der Waals surface area contributed by atoms with Gasteiger partial charge in [0.2, 0.25) is 10.0 Å². The molecular formula is C11H24N2O2S. The highest BCUT2D eigenvalue weighted by atomic mass is 32.2. The van der Waals surface area contributed by atoms with Gasteiger partial charge in [-0.25, -0.2) is 13.1 Å². The second kappa shape index (κ2) is 6.57. The van der Waals surface area contributed by atoms with E-state index in [1.807, 2.05) is 6.92 Å². The van der Waals surface area contributed by atoms with Gasteiger partial charge >= 0.3 is 0 Å². The average molecular weight is 248 g/mol. The Bertz CT molecular complexity index is 290. The van der Waals surface area contributed by atoms with E-state index in [1.54, 1.807) is 0 Å². The maximum Gasteiger partial charge on any atom is 0.211 e. The molecule has 0 bridgehead atoms. The topological polar surface area (TPSA) is 58.2 Å². The monoisotopic (exact) mass is 248 g/mol. The molecule has 0 amide bonds. The minimum atomic E-state index is -3.04. The summed E-state index contributed by atoms with van der Waals surface area (Å²) < 4.78 is 26.1. The highest BCUT2D eigenvalue weighted by Crippen LogP contribution is 2.34. The Morgan fingerprint density at radius 1 is 1.31 bits per heavy atom. The first-order valence-electron chi connectivity index (χ1n) is 6.29. The Morgan fingerprint density at radius 3 is 2.69 bits per heavy atom. The Morgan fingerprint density at radius 2 is 2.06 bits per heavy atom. The van der Waals surface area contributed by atoms with Gasteiger partial charge in [-0.15, -0.1) is 0 Å². The number of rotatable bonds is 9. The summed E-state index contributed by atoms with van der Waals surface area (Å²) in [5, 5.41) is 3.13. The van der Waals surface area contributed by atoms with E-state index in [1.165, 1.54) is 0 Å². The predicted molar refractivity (Wildman–Crippen MR) is 66.9 cm³/mol. The van der Waals surface area contributed by atoms with Gasteiger partial charge in [0.25, 0.3) is 0 Å². The smallest absolute Gasteiger partial charge is 0.211 e. The molecule has 0 saturated heterocycles. The normalized spacial score (nSPS) is 24.6. The van der Waals surface area contributed by atoms with Crippen LogP contribution in [0.5, 0.6) is 0 Å². The molecule has 16 heavy (non-hydrogen) atoms. The third-order valence-corrected chi connectivity index (χ3v) is 4.42. The first-order chi connectivity index (χ1) is 7.59. The molecule has 2 unspecified atom stereocenters. The van der Waals surface area contributed by atoms with Gasteiger partial charge in [0, 0.05) is 6.04 Å². The molecule has 0 radical (unpaired) electrons. The lowest BCUT2D eigenvalue weighted by atomic mass is 10.2. The zero-order valence-corrected chi connectivity index (χ0v) is 11.1. The van der Waals surface area contributed by atoms with Crippen LogP contribution >= 0.6 is 0 Å². The molecule has 4 nitrogen and oxygen atoms in total. The minimum Gasteiger partial charge on any atom is -0.317 e. The van der Waals surface area contributed by atoms with Crippen LogP contribution in [-0.2, 0) is 10.0 Å². The van der Waals surface area contributed by atoms with Crippen molar-refractivity contribution in [3.05, 3.63) is 0 Å². The van der Waals surface area contributed by atoms with E-state index in [-0.39, 0.29) is 11.8 Å². The molecule has 2 atom stereocenters. The second-order valence-corrected chi connectivity index (χ2v) is 6.41. The van der Waals surface area contributed by atoms with Crippen molar-refractivity contribution in [1.29, 1.82) is 0 Å². The van der Waals surface area contributed by atoms with Crippen LogP contribution in [0.1, 0.15) is 39.5 Å². The molecule has 0 aromatic heterocycles. The molecule has 0 aromatic carbocycles. The van der Waals surface area contributed by atoms with Crippen LogP contribution in [0.3, 0.4) is 0 Å². The third kappa shape index (κ3) is 5.27. The number of hydrogen-bond donors (Lipinski definition) is 2. The zero-order valence-electron chi connectivity index (χ0n) is 10.3. The molecule has 0 aliphatic heterocycles. The van der Waals surface area contributed by atoms with Crippen molar-refractivity contribution in [2.45, 2.75) is 45.6 Å². The molecule has 1 rings (SSSR count). The second-order valence-electron chi connectivity index (χ2n) is 4.53. The van der Waals surface area contributed by atoms with E-state index >= 15 is 0 Å². The van der Waals surface area contributed by atoms with Gasteiger partial charge in [-0.05, 0) is 38.3 Å². The van der Waals surface area contributed by atoms with E-state index in [0.29, 0.717) is 12.3 Å². The first kappa shape index (κ1) is 13.9. The lowest BCUT2D eigenvalue weighted by molar-refractivity contribution is 0.568. The van der Waals surface area contributed by atoms with Crippen molar-refractivity contribution in [3.8, 4) is 0 Å². The summed E-state index contributed by atoms with van der Waals surface area (Å²) in [5.74, 6) is 0.837. The van der Waals surface area contributed by atoms with Crippen molar-refractivity contribution in [3.63, 3.8) is 0 Å². The number of hydrogen-bond acceptors (Lipinski definition) is 3. The molecule has 96 valence electrons. The summed E-state index contributed by atoms with van der Waals surface area (Å²) in [7, 11) is -3.04. The Labute approximate surface area is 99.2 Å². The molecule has 1 aliphatic rings. The largest absolute Gasteiger partial charge is 0.317 e. The lowest BCUT2D eigenvalue weighted by Crippen LogP contribution is -2.30. The SMILES string of the molecule is CCCC1CC1NS(=O)(=O)CCCNCC. The van der Waals surface area contributed by atoms with Crippen LogP contribution in [0.25, 0.3) is 0 Å². The van der Waals surface area contributed by atoms with Gasteiger partial charge in [-0.2, -0.15) is 0 Å². The molecular weight excluding hydrogens is 224 g/mol. The minimum absolute atomic E-state index is 0.226. The summed E-state index contributed by atoms with van der Waals surface area (Å²) in [6, 6.07) is 0.226. The van der Waals surface area contributed by atoms with Gasteiger partial charge in [0.15, 0.2) is 0 Å². The van der Waals surface area contributed by atoms with Crippen molar-refractivity contribution in [1.82, 2.24) is 10.0 Å². The van der Waals surface area contributed by atoms with Gasteiger partial charge < -0.3 is 5.32 Å². The van der Waals surface area contributed by atoms with Crippen LogP contribution in [0.15, 0.2) is 0 Å². The average Bonchev–Trinajstić information content (AvgIpc) is 2.91. The molecule has 5 heteroatoms. The van der Waals surface area contributed by atoms with Gasteiger partial charge in [0.05, 0.1) is 5.75 Å². The Balaban J connectivity index is 2.15. The number of nitrogens with one attached hydrogen (secondary N) is 2. The van der Waals surface area contributed by atoms with Crippen molar-refractivity contribution >= 4 is 10.0 Å². The maximum atomic E-state index is 11.7. The molecule has 2 N–H and O–H groups in total. The van der Waals surface area contributed by atoms with Crippen LogP contribution in [0.2, 0.25) is 0 Å². The zero-order chi connectivity index (χ0) is 12.0. The Kier molecular flexibility index (Phi) is 5.72. The number of sulfonamides is 1. The van der Waals surface area contributed by atoms with Crippen LogP contribution < -0.4 is 10.0 Å². The highest BCUT2D eigenvalue weighted by molar-refractivity contribution is 7.89. The molecule has 1 aliphatic carbocycles. The molecule has 0 aromatic rings. The van der Waals surface area contributed by atoms with Crippen molar-refractivity contribution < 1.29 is 8.42 Å². The lowest BCUT2D eigenvalue weighted by Gasteiger charge is -2.06. The van der Waals surface area contributed by atoms with Crippen LogP contribution in [0, 0.1) is 5.92 Å². The summed E-state index contributed by atoms with van der Waals surface area (Å²) in [6.07, 6.45) is 4.00. The molecule has 0 spiro atoms. The molecule has 1 saturated carbocycles. The predicted octanol–water partition coefficient (Wildman–Crippen LogP) is 1.09. The van der Waals surface area contributed by atoms with Crippen LogP contribution in [0.4, 0.5) is 0 Å². The van der Waals surface area contributed by atoms with E-state index in [0.717, 1.165) is 32.4 Å². The quantitative estimate of drug-likeness (QED) is 0.601. The van der Waals surface area contributed by atoms with E-state index in [2.05, 4.69) is 17.0 Å². The maximum absolute atomic E-state index is 11.7. The van der Waals surface area contributed by atoms with Gasteiger partial charge in [-0.1, -0.05) is 20.3 Å².